The summed E-state index contributed by atoms with van der Waals surface area (Å²) in [6, 6.07) is 4.89. The van der Waals surface area contributed by atoms with Crippen LogP contribution < -0.4 is 0 Å². The number of benzene rings is 1. The highest BCUT2D eigenvalue weighted by atomic mass is 19.1. The van der Waals surface area contributed by atoms with Gasteiger partial charge in [0.2, 0.25) is 0 Å². The first-order valence-electron chi connectivity index (χ1n) is 5.59. The molecule has 1 aromatic carbocycles. The zero-order chi connectivity index (χ0) is 13.3. The first-order chi connectivity index (χ1) is 8.45. The Morgan fingerprint density at radius 1 is 1.22 bits per heavy atom. The number of hydrogen-bond donors (Lipinski definition) is 1. The predicted octanol–water partition coefficient (Wildman–Crippen LogP) is 2.28. The van der Waals surface area contributed by atoms with E-state index in [-0.39, 0.29) is 12.0 Å². The first-order valence-corrected chi connectivity index (χ1v) is 5.59. The van der Waals surface area contributed by atoms with E-state index in [0.29, 0.717) is 0 Å². The molecule has 5 heteroatoms. The highest BCUT2D eigenvalue weighted by molar-refractivity contribution is 5.22. The summed E-state index contributed by atoms with van der Waals surface area (Å²) in [7, 11) is 1.77. The van der Waals surface area contributed by atoms with Crippen molar-refractivity contribution in [2.45, 2.75) is 19.4 Å². The van der Waals surface area contributed by atoms with E-state index in [1.165, 1.54) is 0 Å². The molecule has 18 heavy (non-hydrogen) atoms. The van der Waals surface area contributed by atoms with E-state index < -0.39 is 17.7 Å². The average Bonchev–Trinajstić information content (AvgIpc) is 2.56. The lowest BCUT2D eigenvalue weighted by atomic mass is 10.0. The fourth-order valence-corrected chi connectivity index (χ4v) is 1.94. The second kappa shape index (κ2) is 4.86. The standard InChI is InChI=1S/C13H14F2N2O/c1-8-3-12(17(2)16-8)7-13(18)9-4-10(14)6-11(15)5-9/h3-6,13,18H,7H2,1-2H3. The molecule has 1 atom stereocenters. The van der Waals surface area contributed by atoms with Crippen molar-refractivity contribution in [3.05, 3.63) is 52.9 Å². The molecule has 0 radical (unpaired) electrons. The van der Waals surface area contributed by atoms with Crippen LogP contribution in [0.2, 0.25) is 0 Å². The van der Waals surface area contributed by atoms with Crippen LogP contribution in [-0.2, 0) is 13.5 Å². The zero-order valence-corrected chi connectivity index (χ0v) is 10.2. The Morgan fingerprint density at radius 2 is 1.83 bits per heavy atom. The number of aromatic nitrogens is 2. The SMILES string of the molecule is Cc1cc(CC(O)c2cc(F)cc(F)c2)n(C)n1. The molecule has 0 spiro atoms. The average molecular weight is 252 g/mol. The van der Waals surface area contributed by atoms with Crippen molar-refractivity contribution in [3.8, 4) is 0 Å². The lowest BCUT2D eigenvalue weighted by Crippen LogP contribution is -2.07. The van der Waals surface area contributed by atoms with Gasteiger partial charge in [0.1, 0.15) is 11.6 Å². The van der Waals surface area contributed by atoms with Crippen molar-refractivity contribution in [1.29, 1.82) is 0 Å². The second-order valence-electron chi connectivity index (χ2n) is 4.32. The molecule has 0 aliphatic rings. The third-order valence-corrected chi connectivity index (χ3v) is 2.77. The minimum absolute atomic E-state index is 0.228. The van der Waals surface area contributed by atoms with Gasteiger partial charge in [0.25, 0.3) is 0 Å². The van der Waals surface area contributed by atoms with Gasteiger partial charge >= 0.3 is 0 Å². The molecule has 1 N–H and O–H groups in total. The molecule has 1 aromatic heterocycles. The van der Waals surface area contributed by atoms with Crippen molar-refractivity contribution in [1.82, 2.24) is 9.78 Å². The van der Waals surface area contributed by atoms with Crippen LogP contribution >= 0.6 is 0 Å². The number of aliphatic hydroxyl groups excluding tert-OH is 1. The van der Waals surface area contributed by atoms with Crippen LogP contribution in [0.5, 0.6) is 0 Å². The Hall–Kier alpha value is -1.75. The number of halogens is 2. The molecule has 0 saturated heterocycles. The van der Waals surface area contributed by atoms with Crippen molar-refractivity contribution in [2.24, 2.45) is 7.05 Å². The molecular weight excluding hydrogens is 238 g/mol. The monoisotopic (exact) mass is 252 g/mol. The summed E-state index contributed by atoms with van der Waals surface area (Å²) >= 11 is 0. The van der Waals surface area contributed by atoms with Crippen LogP contribution in [0.4, 0.5) is 8.78 Å². The van der Waals surface area contributed by atoms with E-state index in [0.717, 1.165) is 29.6 Å². The lowest BCUT2D eigenvalue weighted by molar-refractivity contribution is 0.175. The molecule has 1 unspecified atom stereocenters. The van der Waals surface area contributed by atoms with Gasteiger partial charge in [-0.1, -0.05) is 0 Å². The molecule has 0 bridgehead atoms. The summed E-state index contributed by atoms with van der Waals surface area (Å²) in [6.07, 6.45) is -0.690. The smallest absolute Gasteiger partial charge is 0.126 e. The van der Waals surface area contributed by atoms with Gasteiger partial charge < -0.3 is 5.11 Å². The largest absolute Gasteiger partial charge is 0.388 e. The molecule has 0 aliphatic heterocycles. The normalized spacial score (nSPS) is 12.7. The predicted molar refractivity (Wildman–Crippen MR) is 63.0 cm³/mol. The Kier molecular flexibility index (Phi) is 3.43. The van der Waals surface area contributed by atoms with Crippen LogP contribution in [0.1, 0.15) is 23.1 Å². The quantitative estimate of drug-likeness (QED) is 0.910. The molecule has 2 aromatic rings. The summed E-state index contributed by atoms with van der Waals surface area (Å²) in [5, 5.41) is 14.1. The minimum Gasteiger partial charge on any atom is -0.388 e. The maximum absolute atomic E-state index is 13.0. The molecule has 3 nitrogen and oxygen atoms in total. The van der Waals surface area contributed by atoms with Crippen LogP contribution in [0.3, 0.4) is 0 Å². The second-order valence-corrected chi connectivity index (χ2v) is 4.32. The van der Waals surface area contributed by atoms with Crippen LogP contribution in [0.15, 0.2) is 24.3 Å². The van der Waals surface area contributed by atoms with Gasteiger partial charge in [-0.05, 0) is 30.7 Å². The zero-order valence-electron chi connectivity index (χ0n) is 10.2. The van der Waals surface area contributed by atoms with Gasteiger partial charge in [-0.2, -0.15) is 5.10 Å². The fourth-order valence-electron chi connectivity index (χ4n) is 1.94. The van der Waals surface area contributed by atoms with Gasteiger partial charge in [0.15, 0.2) is 0 Å². The number of rotatable bonds is 3. The molecule has 0 fully saturated rings. The number of aryl methyl sites for hydroxylation is 2. The van der Waals surface area contributed by atoms with E-state index in [2.05, 4.69) is 5.10 Å². The van der Waals surface area contributed by atoms with E-state index in [4.69, 9.17) is 0 Å². The fraction of sp³-hybridized carbons (Fsp3) is 0.308. The molecular formula is C13H14F2N2O. The molecule has 0 aliphatic carbocycles. The Bertz CT molecular complexity index is 546. The van der Waals surface area contributed by atoms with Crippen LogP contribution in [0, 0.1) is 18.6 Å². The highest BCUT2D eigenvalue weighted by Crippen LogP contribution is 2.20. The van der Waals surface area contributed by atoms with Gasteiger partial charge in [0.05, 0.1) is 11.8 Å². The van der Waals surface area contributed by atoms with E-state index in [1.54, 1.807) is 11.7 Å². The van der Waals surface area contributed by atoms with Gasteiger partial charge in [0, 0.05) is 25.2 Å². The molecule has 2 rings (SSSR count). The topological polar surface area (TPSA) is 38.0 Å². The van der Waals surface area contributed by atoms with Gasteiger partial charge in [-0.25, -0.2) is 8.78 Å². The van der Waals surface area contributed by atoms with Crippen molar-refractivity contribution < 1.29 is 13.9 Å². The van der Waals surface area contributed by atoms with Crippen molar-refractivity contribution >= 4 is 0 Å². The maximum Gasteiger partial charge on any atom is 0.126 e. The summed E-state index contributed by atoms with van der Waals surface area (Å²) in [5.41, 5.74) is 1.88. The summed E-state index contributed by atoms with van der Waals surface area (Å²) in [4.78, 5) is 0. The Morgan fingerprint density at radius 3 is 2.33 bits per heavy atom. The van der Waals surface area contributed by atoms with Gasteiger partial charge in [-0.15, -0.1) is 0 Å². The summed E-state index contributed by atoms with van der Waals surface area (Å²) in [5.74, 6) is -1.38. The molecule has 0 amide bonds. The van der Waals surface area contributed by atoms with Gasteiger partial charge in [-0.3, -0.25) is 4.68 Å². The summed E-state index contributed by atoms with van der Waals surface area (Å²) < 4.78 is 27.7. The highest BCUT2D eigenvalue weighted by Gasteiger charge is 2.13. The summed E-state index contributed by atoms with van der Waals surface area (Å²) in [6.45, 7) is 1.84. The number of aliphatic hydroxyl groups is 1. The maximum atomic E-state index is 13.0. The van der Waals surface area contributed by atoms with Crippen LogP contribution in [0.25, 0.3) is 0 Å². The van der Waals surface area contributed by atoms with Crippen LogP contribution in [-0.4, -0.2) is 14.9 Å². The minimum atomic E-state index is -0.954. The molecule has 96 valence electrons. The van der Waals surface area contributed by atoms with Crippen molar-refractivity contribution in [3.63, 3.8) is 0 Å². The number of hydrogen-bond acceptors (Lipinski definition) is 2. The van der Waals surface area contributed by atoms with Crippen molar-refractivity contribution in [2.75, 3.05) is 0 Å². The lowest BCUT2D eigenvalue weighted by Gasteiger charge is -2.11. The molecule has 0 saturated carbocycles. The third-order valence-electron chi connectivity index (χ3n) is 2.77. The van der Waals surface area contributed by atoms with E-state index in [9.17, 15) is 13.9 Å². The number of nitrogens with zero attached hydrogens (tertiary/aromatic N) is 2. The Labute approximate surface area is 104 Å². The third kappa shape index (κ3) is 2.73. The molecule has 1 heterocycles. The van der Waals surface area contributed by atoms with E-state index in [1.807, 2.05) is 13.0 Å². The van der Waals surface area contributed by atoms with E-state index >= 15 is 0 Å². The Balaban J connectivity index is 2.21. The first kappa shape index (κ1) is 12.7.